The third kappa shape index (κ3) is 1.80. The highest BCUT2D eigenvalue weighted by atomic mass is 35.5. The summed E-state index contributed by atoms with van der Waals surface area (Å²) in [6.45, 7) is 3.15. The normalized spacial score (nSPS) is 20.8. The fraction of sp³-hybridized carbons (Fsp3) is 0.733. The van der Waals surface area contributed by atoms with Gasteiger partial charge in [0.15, 0.2) is 5.65 Å². The highest BCUT2D eigenvalue weighted by Crippen LogP contribution is 2.62. The Balaban J connectivity index is 1.80. The third-order valence-corrected chi connectivity index (χ3v) is 5.28. The van der Waals surface area contributed by atoms with Crippen LogP contribution in [-0.4, -0.2) is 25.2 Å². The van der Waals surface area contributed by atoms with Crippen LogP contribution in [0.15, 0.2) is 0 Å². The van der Waals surface area contributed by atoms with Crippen LogP contribution in [0.25, 0.3) is 11.2 Å². The van der Waals surface area contributed by atoms with Crippen LogP contribution < -0.4 is 0 Å². The number of nitrogens with zero attached hydrogens (tertiary/aromatic N) is 4. The van der Waals surface area contributed by atoms with Gasteiger partial charge in [-0.3, -0.25) is 4.68 Å². The number of aryl methyl sites for hydroxylation is 3. The molecule has 0 radical (unpaired) electrons. The van der Waals surface area contributed by atoms with Gasteiger partial charge in [-0.1, -0.05) is 0 Å². The van der Waals surface area contributed by atoms with Crippen LogP contribution in [0.2, 0.25) is 0 Å². The second kappa shape index (κ2) is 4.23. The van der Waals surface area contributed by atoms with Gasteiger partial charge in [-0.2, -0.15) is 5.10 Å². The van der Waals surface area contributed by atoms with Gasteiger partial charge in [0.25, 0.3) is 0 Å². The van der Waals surface area contributed by atoms with Crippen molar-refractivity contribution < 1.29 is 0 Å². The van der Waals surface area contributed by atoms with Gasteiger partial charge in [0.1, 0.15) is 11.3 Å². The monoisotopic (exact) mass is 292 g/mol. The van der Waals surface area contributed by atoms with Crippen molar-refractivity contribution in [2.24, 2.45) is 18.4 Å². The molecule has 4 nitrogen and oxygen atoms in total. The van der Waals surface area contributed by atoms with Crippen LogP contribution in [0.3, 0.4) is 0 Å². The fourth-order valence-corrected chi connectivity index (χ4v) is 3.86. The molecule has 0 aromatic carbocycles. The van der Waals surface area contributed by atoms with Crippen molar-refractivity contribution in [1.82, 2.24) is 19.3 Å². The lowest BCUT2D eigenvalue weighted by Crippen LogP contribution is -2.17. The van der Waals surface area contributed by atoms with E-state index in [2.05, 4.69) is 9.67 Å². The number of rotatable bonds is 5. The first kappa shape index (κ1) is 12.7. The second-order valence-electron chi connectivity index (χ2n) is 6.57. The van der Waals surface area contributed by atoms with Gasteiger partial charge in [-0.25, -0.2) is 4.98 Å². The lowest BCUT2D eigenvalue weighted by Gasteiger charge is -2.17. The number of aromatic nitrogens is 4. The van der Waals surface area contributed by atoms with E-state index in [4.69, 9.17) is 16.6 Å². The molecule has 0 saturated heterocycles. The maximum atomic E-state index is 5.97. The van der Waals surface area contributed by atoms with Gasteiger partial charge in [0, 0.05) is 25.9 Å². The molecule has 2 heterocycles. The number of halogens is 1. The first-order valence-electron chi connectivity index (χ1n) is 7.59. The van der Waals surface area contributed by atoms with Crippen molar-refractivity contribution in [2.45, 2.75) is 45.6 Å². The number of hydrogen-bond acceptors (Lipinski definition) is 2. The molecule has 0 spiro atoms. The van der Waals surface area contributed by atoms with Crippen molar-refractivity contribution in [3.05, 3.63) is 11.5 Å². The average molecular weight is 293 g/mol. The number of imidazole rings is 1. The van der Waals surface area contributed by atoms with Crippen LogP contribution in [0.4, 0.5) is 0 Å². The van der Waals surface area contributed by atoms with Gasteiger partial charge in [-0.05, 0) is 43.9 Å². The molecule has 0 atom stereocenters. The van der Waals surface area contributed by atoms with Gasteiger partial charge in [-0.15, -0.1) is 11.6 Å². The predicted molar refractivity (Wildman–Crippen MR) is 80.1 cm³/mol. The molecule has 4 rings (SSSR count). The van der Waals surface area contributed by atoms with Crippen LogP contribution >= 0.6 is 11.6 Å². The van der Waals surface area contributed by atoms with Crippen molar-refractivity contribution in [3.8, 4) is 0 Å². The van der Waals surface area contributed by atoms with Gasteiger partial charge in [0.2, 0.25) is 0 Å². The third-order valence-electron chi connectivity index (χ3n) is 5.10. The predicted octanol–water partition coefficient (Wildman–Crippen LogP) is 3.05. The highest BCUT2D eigenvalue weighted by Gasteiger charge is 2.54. The van der Waals surface area contributed by atoms with Crippen molar-refractivity contribution >= 4 is 22.8 Å². The lowest BCUT2D eigenvalue weighted by atomic mass is 10.0. The zero-order valence-corrected chi connectivity index (χ0v) is 12.9. The molecule has 2 aliphatic carbocycles. The quantitative estimate of drug-likeness (QED) is 0.794. The van der Waals surface area contributed by atoms with Crippen LogP contribution in [0.1, 0.15) is 37.2 Å². The maximum absolute atomic E-state index is 5.97. The molecule has 0 unspecified atom stereocenters. The molecule has 0 aliphatic heterocycles. The van der Waals surface area contributed by atoms with Crippen molar-refractivity contribution in [2.75, 3.05) is 5.88 Å². The first-order valence-corrected chi connectivity index (χ1v) is 8.13. The van der Waals surface area contributed by atoms with Gasteiger partial charge >= 0.3 is 0 Å². The van der Waals surface area contributed by atoms with Gasteiger partial charge < -0.3 is 4.57 Å². The van der Waals surface area contributed by atoms with Gasteiger partial charge in [0.05, 0.1) is 5.69 Å². The summed E-state index contributed by atoms with van der Waals surface area (Å²) in [5.74, 6) is 2.72. The number of fused-ring (bicyclic) bond motifs is 1. The molecule has 2 fully saturated rings. The summed E-state index contributed by atoms with van der Waals surface area (Å²) < 4.78 is 4.39. The van der Waals surface area contributed by atoms with Crippen molar-refractivity contribution in [3.63, 3.8) is 0 Å². The molecule has 0 amide bonds. The highest BCUT2D eigenvalue weighted by molar-refractivity contribution is 6.17. The molecular formula is C15H21ClN4. The van der Waals surface area contributed by atoms with E-state index >= 15 is 0 Å². The molecule has 2 aromatic rings. The minimum absolute atomic E-state index is 0.562. The molecule has 108 valence electrons. The lowest BCUT2D eigenvalue weighted by molar-refractivity contribution is 0.367. The smallest absolute Gasteiger partial charge is 0.158 e. The van der Waals surface area contributed by atoms with E-state index in [1.54, 1.807) is 0 Å². The minimum Gasteiger partial charge on any atom is -0.312 e. The summed E-state index contributed by atoms with van der Waals surface area (Å²) in [5, 5.41) is 4.52. The molecule has 0 N–H and O–H groups in total. The molecule has 2 aromatic heterocycles. The summed E-state index contributed by atoms with van der Waals surface area (Å²) in [5.41, 5.74) is 3.81. The van der Waals surface area contributed by atoms with E-state index < -0.39 is 0 Å². The number of hydrogen-bond donors (Lipinski definition) is 0. The zero-order valence-electron chi connectivity index (χ0n) is 12.2. The summed E-state index contributed by atoms with van der Waals surface area (Å²) in [6, 6.07) is 0. The van der Waals surface area contributed by atoms with E-state index in [1.165, 1.54) is 31.3 Å². The Morgan fingerprint density at radius 1 is 1.35 bits per heavy atom. The van der Waals surface area contributed by atoms with E-state index in [0.717, 1.165) is 35.9 Å². The molecule has 2 aliphatic rings. The molecule has 0 bridgehead atoms. The standard InChI is InChI=1S/C15H21ClN4/c1-10-13-14(19(2)18-10)20(12(17-13)5-8-16)9-15(6-7-15)11-3-4-11/h11H,3-9H2,1-2H3. The summed E-state index contributed by atoms with van der Waals surface area (Å²) in [6.07, 6.45) is 6.46. The topological polar surface area (TPSA) is 35.6 Å². The Labute approximate surface area is 124 Å². The maximum Gasteiger partial charge on any atom is 0.158 e. The second-order valence-corrected chi connectivity index (χ2v) is 6.95. The average Bonchev–Trinajstić information content (AvgIpc) is 3.28. The Kier molecular flexibility index (Phi) is 2.69. The first-order chi connectivity index (χ1) is 9.64. The van der Waals surface area contributed by atoms with E-state index in [1.807, 2.05) is 18.7 Å². The van der Waals surface area contributed by atoms with Crippen LogP contribution in [-0.2, 0) is 20.0 Å². The van der Waals surface area contributed by atoms with Crippen LogP contribution in [0.5, 0.6) is 0 Å². The Morgan fingerprint density at radius 3 is 2.70 bits per heavy atom. The summed E-state index contributed by atoms with van der Waals surface area (Å²) in [4.78, 5) is 4.81. The molecule has 5 heteroatoms. The zero-order chi connectivity index (χ0) is 13.9. The van der Waals surface area contributed by atoms with Crippen molar-refractivity contribution in [1.29, 1.82) is 0 Å². The minimum atomic E-state index is 0.562. The Bertz CT molecular complexity index is 661. The summed E-state index contributed by atoms with van der Waals surface area (Å²) in [7, 11) is 2.02. The SMILES string of the molecule is Cc1nn(C)c2c1nc(CCCl)n2CC1(C2CC2)CC1. The van der Waals surface area contributed by atoms with E-state index in [0.29, 0.717) is 11.3 Å². The molecular weight excluding hydrogens is 272 g/mol. The summed E-state index contributed by atoms with van der Waals surface area (Å²) >= 11 is 5.97. The van der Waals surface area contributed by atoms with Crippen LogP contribution in [0, 0.1) is 18.3 Å². The van der Waals surface area contributed by atoms with E-state index in [9.17, 15) is 0 Å². The number of alkyl halides is 1. The van der Waals surface area contributed by atoms with E-state index in [-0.39, 0.29) is 0 Å². The molecule has 20 heavy (non-hydrogen) atoms. The molecule has 2 saturated carbocycles. The fourth-order valence-electron chi connectivity index (χ4n) is 3.69. The Morgan fingerprint density at radius 2 is 2.10 bits per heavy atom. The Hall–Kier alpha value is -1.03. The largest absolute Gasteiger partial charge is 0.312 e.